The van der Waals surface area contributed by atoms with Gasteiger partial charge in [0, 0.05) is 55.7 Å². The maximum Gasteiger partial charge on any atom is 0.191 e. The second kappa shape index (κ2) is 11.8. The van der Waals surface area contributed by atoms with Crippen LogP contribution in [0.15, 0.2) is 47.6 Å². The van der Waals surface area contributed by atoms with Gasteiger partial charge in [-0.1, -0.05) is 23.7 Å². The lowest BCUT2D eigenvalue weighted by molar-refractivity contribution is 0.649. The van der Waals surface area contributed by atoms with Gasteiger partial charge in [0.15, 0.2) is 5.96 Å². The van der Waals surface area contributed by atoms with Crippen LogP contribution in [0.1, 0.15) is 31.7 Å². The summed E-state index contributed by atoms with van der Waals surface area (Å²) in [5, 5.41) is 7.74. The van der Waals surface area contributed by atoms with E-state index in [4.69, 9.17) is 16.6 Å². The summed E-state index contributed by atoms with van der Waals surface area (Å²) in [6.07, 6.45) is 5.56. The monoisotopic (exact) mass is 554 g/mol. The third-order valence-electron chi connectivity index (χ3n) is 5.71. The smallest absolute Gasteiger partial charge is 0.191 e. The molecule has 0 saturated carbocycles. The minimum atomic E-state index is 0. The van der Waals surface area contributed by atoms with E-state index in [9.17, 15) is 0 Å². The van der Waals surface area contributed by atoms with E-state index in [0.29, 0.717) is 12.6 Å². The van der Waals surface area contributed by atoms with Gasteiger partial charge in [-0.25, -0.2) is 9.98 Å². The zero-order valence-corrected chi connectivity index (χ0v) is 21.1. The lowest BCUT2D eigenvalue weighted by Crippen LogP contribution is -2.44. The van der Waals surface area contributed by atoms with Crippen LogP contribution >= 0.6 is 35.6 Å². The molecule has 2 fully saturated rings. The molecule has 0 radical (unpaired) electrons. The number of halogens is 2. The van der Waals surface area contributed by atoms with Crippen LogP contribution in [0, 0.1) is 0 Å². The highest BCUT2D eigenvalue weighted by molar-refractivity contribution is 14.0. The molecule has 168 valence electrons. The van der Waals surface area contributed by atoms with Crippen molar-refractivity contribution < 1.29 is 0 Å². The average molecular weight is 555 g/mol. The van der Waals surface area contributed by atoms with E-state index in [2.05, 4.69) is 50.5 Å². The highest BCUT2D eigenvalue weighted by Gasteiger charge is 2.23. The fraction of sp³-hybridized carbons (Fsp3) is 0.478. The lowest BCUT2D eigenvalue weighted by atomic mass is 10.2. The second-order valence-electron chi connectivity index (χ2n) is 7.97. The summed E-state index contributed by atoms with van der Waals surface area (Å²) >= 11 is 6.15. The second-order valence-corrected chi connectivity index (χ2v) is 8.41. The van der Waals surface area contributed by atoms with Crippen molar-refractivity contribution in [1.29, 1.82) is 0 Å². The molecule has 3 heterocycles. The van der Waals surface area contributed by atoms with Gasteiger partial charge in [0.2, 0.25) is 0 Å². The number of aliphatic imine (C=N–C) groups is 1. The van der Waals surface area contributed by atoms with E-state index in [0.717, 1.165) is 61.5 Å². The van der Waals surface area contributed by atoms with Crippen molar-refractivity contribution in [2.75, 3.05) is 42.5 Å². The van der Waals surface area contributed by atoms with Crippen LogP contribution in [0.5, 0.6) is 0 Å². The number of hydrogen-bond acceptors (Lipinski definition) is 4. The molecule has 2 aliphatic rings. The van der Waals surface area contributed by atoms with Crippen molar-refractivity contribution in [3.63, 3.8) is 0 Å². The van der Waals surface area contributed by atoms with Gasteiger partial charge in [-0.05, 0) is 56.0 Å². The molecule has 0 spiro atoms. The van der Waals surface area contributed by atoms with Crippen LogP contribution in [0.25, 0.3) is 0 Å². The van der Waals surface area contributed by atoms with E-state index < -0.39 is 0 Å². The van der Waals surface area contributed by atoms with E-state index >= 15 is 0 Å². The minimum Gasteiger partial charge on any atom is -0.369 e. The summed E-state index contributed by atoms with van der Waals surface area (Å²) in [6.45, 7) is 7.74. The van der Waals surface area contributed by atoms with Crippen molar-refractivity contribution in [3.05, 3.63) is 53.2 Å². The zero-order valence-electron chi connectivity index (χ0n) is 18.1. The fourth-order valence-corrected chi connectivity index (χ4v) is 4.30. The molecule has 8 heteroatoms. The molecule has 31 heavy (non-hydrogen) atoms. The summed E-state index contributed by atoms with van der Waals surface area (Å²) in [6, 6.07) is 12.7. The van der Waals surface area contributed by atoms with Gasteiger partial charge in [0.1, 0.15) is 5.82 Å². The van der Waals surface area contributed by atoms with E-state index in [-0.39, 0.29) is 24.0 Å². The van der Waals surface area contributed by atoms with Crippen LogP contribution in [-0.2, 0) is 6.54 Å². The number of hydrogen-bond donors (Lipinski definition) is 2. The Kier molecular flexibility index (Phi) is 9.07. The van der Waals surface area contributed by atoms with Crippen molar-refractivity contribution in [2.24, 2.45) is 4.99 Å². The Labute approximate surface area is 207 Å². The molecular weight excluding hydrogens is 523 g/mol. The SMILES string of the molecule is CCNC(=NCc1ccc(N2CCCC2)nc1)NC1CCN(c2cccc(Cl)c2)C1.I. The highest BCUT2D eigenvalue weighted by Crippen LogP contribution is 2.23. The number of pyridine rings is 1. The molecule has 1 aromatic carbocycles. The first-order valence-electron chi connectivity index (χ1n) is 11.0. The summed E-state index contributed by atoms with van der Waals surface area (Å²) in [5.41, 5.74) is 2.31. The van der Waals surface area contributed by atoms with Crippen LogP contribution in [0.2, 0.25) is 5.02 Å². The molecule has 2 saturated heterocycles. The van der Waals surface area contributed by atoms with Crippen molar-refractivity contribution in [2.45, 2.75) is 38.8 Å². The molecule has 4 rings (SSSR count). The fourth-order valence-electron chi connectivity index (χ4n) is 4.11. The Morgan fingerprint density at radius 3 is 2.71 bits per heavy atom. The maximum absolute atomic E-state index is 6.15. The Bertz CT molecular complexity index is 853. The largest absolute Gasteiger partial charge is 0.369 e. The van der Waals surface area contributed by atoms with Gasteiger partial charge >= 0.3 is 0 Å². The van der Waals surface area contributed by atoms with Crippen LogP contribution in [0.3, 0.4) is 0 Å². The number of aromatic nitrogens is 1. The van der Waals surface area contributed by atoms with Crippen molar-refractivity contribution >= 4 is 53.0 Å². The molecule has 0 amide bonds. The molecule has 2 aliphatic heterocycles. The van der Waals surface area contributed by atoms with Gasteiger partial charge in [0.05, 0.1) is 6.54 Å². The summed E-state index contributed by atoms with van der Waals surface area (Å²) < 4.78 is 0. The predicted molar refractivity (Wildman–Crippen MR) is 141 cm³/mol. The van der Waals surface area contributed by atoms with Crippen LogP contribution < -0.4 is 20.4 Å². The molecule has 1 atom stereocenters. The Morgan fingerprint density at radius 2 is 2.00 bits per heavy atom. The lowest BCUT2D eigenvalue weighted by Gasteiger charge is -2.20. The third kappa shape index (κ3) is 6.62. The number of nitrogens with zero attached hydrogens (tertiary/aromatic N) is 4. The molecule has 2 aromatic rings. The number of rotatable bonds is 6. The molecule has 0 bridgehead atoms. The Morgan fingerprint density at radius 1 is 1.16 bits per heavy atom. The third-order valence-corrected chi connectivity index (χ3v) is 5.94. The van der Waals surface area contributed by atoms with Crippen molar-refractivity contribution in [1.82, 2.24) is 15.6 Å². The number of guanidine groups is 1. The maximum atomic E-state index is 6.15. The van der Waals surface area contributed by atoms with Crippen LogP contribution in [-0.4, -0.2) is 49.7 Å². The van der Waals surface area contributed by atoms with Gasteiger partial charge in [-0.2, -0.15) is 0 Å². The highest BCUT2D eigenvalue weighted by atomic mass is 127. The summed E-state index contributed by atoms with van der Waals surface area (Å²) in [5.74, 6) is 1.94. The van der Waals surface area contributed by atoms with Gasteiger partial charge in [-0.15, -0.1) is 24.0 Å². The van der Waals surface area contributed by atoms with Gasteiger partial charge in [0.25, 0.3) is 0 Å². The summed E-state index contributed by atoms with van der Waals surface area (Å²) in [7, 11) is 0. The average Bonchev–Trinajstić information content (AvgIpc) is 3.45. The Hall–Kier alpha value is -1.74. The molecule has 0 aliphatic carbocycles. The molecule has 6 nitrogen and oxygen atoms in total. The van der Waals surface area contributed by atoms with Crippen molar-refractivity contribution in [3.8, 4) is 0 Å². The Balaban J connectivity index is 0.00000272. The first-order chi connectivity index (χ1) is 14.7. The predicted octanol–water partition coefficient (Wildman–Crippen LogP) is 4.29. The molecule has 1 aromatic heterocycles. The molecule has 2 N–H and O–H groups in total. The van der Waals surface area contributed by atoms with E-state index in [1.807, 2.05) is 24.4 Å². The number of anilines is 2. The van der Waals surface area contributed by atoms with E-state index in [1.54, 1.807) is 0 Å². The zero-order chi connectivity index (χ0) is 20.8. The van der Waals surface area contributed by atoms with E-state index in [1.165, 1.54) is 18.5 Å². The number of benzene rings is 1. The molecule has 1 unspecified atom stereocenters. The standard InChI is InChI=1S/C23H31ClN6.HI/c1-2-25-23(27-16-18-8-9-22(26-15-18)29-11-3-4-12-29)28-20-10-13-30(17-20)21-7-5-6-19(24)14-21;/h5-9,14-15,20H,2-4,10-13,16-17H2,1H3,(H2,25,27,28);1H. The number of nitrogens with one attached hydrogen (secondary N) is 2. The normalized spacial score (nSPS) is 18.8. The first kappa shape index (κ1) is 23.9. The minimum absolute atomic E-state index is 0. The van der Waals surface area contributed by atoms with Gasteiger partial charge < -0.3 is 20.4 Å². The molecular formula is C23H32ClIN6. The topological polar surface area (TPSA) is 55.8 Å². The van der Waals surface area contributed by atoms with Crippen LogP contribution in [0.4, 0.5) is 11.5 Å². The first-order valence-corrected chi connectivity index (χ1v) is 11.3. The quantitative estimate of drug-likeness (QED) is 0.317. The summed E-state index contributed by atoms with van der Waals surface area (Å²) in [4.78, 5) is 14.1. The van der Waals surface area contributed by atoms with Gasteiger partial charge in [-0.3, -0.25) is 0 Å².